The van der Waals surface area contributed by atoms with E-state index >= 15 is 0 Å². The van der Waals surface area contributed by atoms with Gasteiger partial charge in [-0.2, -0.15) is 0 Å². The molecule has 5 heteroatoms. The maximum Gasteiger partial charge on any atom is 0.335 e. The molecule has 0 unspecified atom stereocenters. The van der Waals surface area contributed by atoms with Crippen LogP contribution in [0.5, 0.6) is 0 Å². The number of nitrogens with zero attached hydrogens (tertiary/aromatic N) is 1. The van der Waals surface area contributed by atoms with Crippen molar-refractivity contribution in [3.63, 3.8) is 0 Å². The molecule has 0 aliphatic heterocycles. The van der Waals surface area contributed by atoms with Crippen molar-refractivity contribution in [1.82, 2.24) is 4.90 Å². The van der Waals surface area contributed by atoms with E-state index in [1.807, 2.05) is 20.8 Å². The topological polar surface area (TPSA) is 66.8 Å². The number of carboxylic acid groups (broad SMARTS) is 1. The van der Waals surface area contributed by atoms with E-state index in [0.29, 0.717) is 13.0 Å². The number of hydrogen-bond acceptors (Lipinski definition) is 3. The Bertz CT molecular complexity index is 505. The van der Waals surface area contributed by atoms with E-state index in [1.54, 1.807) is 36.2 Å². The summed E-state index contributed by atoms with van der Waals surface area (Å²) in [4.78, 5) is 24.6. The third-order valence-electron chi connectivity index (χ3n) is 3.02. The number of carbonyl (C=O) groups excluding carboxylic acids is 1. The van der Waals surface area contributed by atoms with Crippen LogP contribution in [-0.4, -0.2) is 47.7 Å². The normalized spacial score (nSPS) is 11.2. The van der Waals surface area contributed by atoms with Gasteiger partial charge in [-0.1, -0.05) is 18.2 Å². The molecule has 0 aliphatic rings. The lowest BCUT2D eigenvalue weighted by Crippen LogP contribution is -2.35. The Labute approximate surface area is 125 Å². The predicted molar refractivity (Wildman–Crippen MR) is 80.4 cm³/mol. The highest BCUT2D eigenvalue weighted by Gasteiger charge is 2.16. The van der Waals surface area contributed by atoms with Crippen LogP contribution in [0.2, 0.25) is 0 Å². The molecule has 0 bridgehead atoms. The first-order valence-electron chi connectivity index (χ1n) is 6.90. The van der Waals surface area contributed by atoms with Crippen molar-refractivity contribution in [1.29, 1.82) is 0 Å². The molecule has 0 saturated heterocycles. The Kier molecular flexibility index (Phi) is 5.90. The second-order valence-corrected chi connectivity index (χ2v) is 5.93. The highest BCUT2D eigenvalue weighted by atomic mass is 16.5. The van der Waals surface area contributed by atoms with E-state index < -0.39 is 5.97 Å². The van der Waals surface area contributed by atoms with Gasteiger partial charge in [0, 0.05) is 13.6 Å². The molecular formula is C16H23NO4. The second-order valence-electron chi connectivity index (χ2n) is 5.93. The van der Waals surface area contributed by atoms with E-state index in [2.05, 4.69) is 0 Å². The zero-order valence-electron chi connectivity index (χ0n) is 13.0. The number of benzene rings is 1. The Morgan fingerprint density at radius 2 is 1.86 bits per heavy atom. The number of rotatable bonds is 6. The smallest absolute Gasteiger partial charge is 0.335 e. The first-order valence-corrected chi connectivity index (χ1v) is 6.90. The zero-order chi connectivity index (χ0) is 16.0. The fourth-order valence-corrected chi connectivity index (χ4v) is 1.75. The van der Waals surface area contributed by atoms with Crippen LogP contribution >= 0.6 is 0 Å². The molecule has 1 aromatic carbocycles. The van der Waals surface area contributed by atoms with Gasteiger partial charge in [-0.3, -0.25) is 4.79 Å². The van der Waals surface area contributed by atoms with Crippen molar-refractivity contribution >= 4 is 11.9 Å². The minimum Gasteiger partial charge on any atom is -0.478 e. The number of carbonyl (C=O) groups is 2. The molecule has 0 atom stereocenters. The van der Waals surface area contributed by atoms with Gasteiger partial charge in [0.05, 0.1) is 11.2 Å². The molecular weight excluding hydrogens is 270 g/mol. The molecule has 0 saturated carbocycles. The van der Waals surface area contributed by atoms with Gasteiger partial charge in [0.2, 0.25) is 5.91 Å². The van der Waals surface area contributed by atoms with Crippen molar-refractivity contribution in [3.8, 4) is 0 Å². The molecule has 0 radical (unpaired) electrons. The van der Waals surface area contributed by atoms with E-state index in [4.69, 9.17) is 9.84 Å². The van der Waals surface area contributed by atoms with E-state index in [9.17, 15) is 9.59 Å². The quantitative estimate of drug-likeness (QED) is 0.873. The zero-order valence-corrected chi connectivity index (χ0v) is 13.0. The number of carboxylic acids is 1. The molecule has 0 spiro atoms. The number of hydrogen-bond donors (Lipinski definition) is 1. The average molecular weight is 293 g/mol. The monoisotopic (exact) mass is 293 g/mol. The van der Waals surface area contributed by atoms with Gasteiger partial charge in [-0.15, -0.1) is 0 Å². The lowest BCUT2D eigenvalue weighted by molar-refractivity contribution is -0.139. The summed E-state index contributed by atoms with van der Waals surface area (Å²) in [5, 5.41) is 9.11. The van der Waals surface area contributed by atoms with Crippen LogP contribution < -0.4 is 0 Å². The number of aromatic carboxylic acids is 1. The summed E-state index contributed by atoms with van der Waals surface area (Å²) in [6, 6.07) is 6.83. The molecule has 1 amide bonds. The standard InChI is InChI=1S/C16H23NO4/c1-16(2,3)21-11-14(18)17(4)10-9-12-7-5-6-8-13(12)15(19)20/h5-8H,9-11H2,1-4H3,(H,19,20). The molecule has 0 aromatic heterocycles. The van der Waals surface area contributed by atoms with Crippen LogP contribution in [-0.2, 0) is 16.0 Å². The highest BCUT2D eigenvalue weighted by molar-refractivity contribution is 5.89. The number of ether oxygens (including phenoxy) is 1. The van der Waals surface area contributed by atoms with Gasteiger partial charge in [-0.25, -0.2) is 4.79 Å². The van der Waals surface area contributed by atoms with Crippen LogP contribution in [0, 0.1) is 0 Å². The maximum absolute atomic E-state index is 11.9. The fourth-order valence-electron chi connectivity index (χ4n) is 1.75. The van der Waals surface area contributed by atoms with Gasteiger partial charge >= 0.3 is 5.97 Å². The van der Waals surface area contributed by atoms with Crippen LogP contribution in [0.1, 0.15) is 36.7 Å². The lowest BCUT2D eigenvalue weighted by atomic mass is 10.0. The van der Waals surface area contributed by atoms with E-state index in [0.717, 1.165) is 5.56 Å². The second kappa shape index (κ2) is 7.22. The Morgan fingerprint density at radius 1 is 1.24 bits per heavy atom. The van der Waals surface area contributed by atoms with Crippen molar-refractivity contribution in [3.05, 3.63) is 35.4 Å². The summed E-state index contributed by atoms with van der Waals surface area (Å²) >= 11 is 0. The van der Waals surface area contributed by atoms with Crippen molar-refractivity contribution in [2.24, 2.45) is 0 Å². The van der Waals surface area contributed by atoms with Crippen molar-refractivity contribution in [2.45, 2.75) is 32.8 Å². The summed E-state index contributed by atoms with van der Waals surface area (Å²) in [6.07, 6.45) is 0.500. The van der Waals surface area contributed by atoms with E-state index in [1.165, 1.54) is 0 Å². The van der Waals surface area contributed by atoms with Crippen LogP contribution in [0.25, 0.3) is 0 Å². The summed E-state index contributed by atoms with van der Waals surface area (Å²) in [5.74, 6) is -1.06. The van der Waals surface area contributed by atoms with Crippen LogP contribution in [0.3, 0.4) is 0 Å². The van der Waals surface area contributed by atoms with Gasteiger partial charge in [-0.05, 0) is 38.8 Å². The summed E-state index contributed by atoms with van der Waals surface area (Å²) in [7, 11) is 1.69. The molecule has 1 N–H and O–H groups in total. The van der Waals surface area contributed by atoms with Gasteiger partial charge in [0.1, 0.15) is 6.61 Å². The van der Waals surface area contributed by atoms with Gasteiger partial charge < -0.3 is 14.7 Å². The summed E-state index contributed by atoms with van der Waals surface area (Å²) < 4.78 is 5.44. The number of likely N-dealkylation sites (N-methyl/N-ethyl adjacent to an activating group) is 1. The third kappa shape index (κ3) is 5.95. The van der Waals surface area contributed by atoms with Gasteiger partial charge in [0.15, 0.2) is 0 Å². The molecule has 1 rings (SSSR count). The molecule has 0 fully saturated rings. The third-order valence-corrected chi connectivity index (χ3v) is 3.02. The summed E-state index contributed by atoms with van der Waals surface area (Å²) in [5.41, 5.74) is 0.651. The van der Waals surface area contributed by atoms with Crippen LogP contribution in [0.4, 0.5) is 0 Å². The van der Waals surface area contributed by atoms with Crippen molar-refractivity contribution < 1.29 is 19.4 Å². The summed E-state index contributed by atoms with van der Waals surface area (Å²) in [6.45, 7) is 6.16. The molecule has 21 heavy (non-hydrogen) atoms. The average Bonchev–Trinajstić information content (AvgIpc) is 2.41. The van der Waals surface area contributed by atoms with Gasteiger partial charge in [0.25, 0.3) is 0 Å². The van der Waals surface area contributed by atoms with E-state index in [-0.39, 0.29) is 23.7 Å². The predicted octanol–water partition coefficient (Wildman–Crippen LogP) is 2.20. The molecule has 0 heterocycles. The largest absolute Gasteiger partial charge is 0.478 e. The minimum absolute atomic E-state index is 0.0284. The van der Waals surface area contributed by atoms with Crippen LogP contribution in [0.15, 0.2) is 24.3 Å². The SMILES string of the molecule is CN(CCc1ccccc1C(=O)O)C(=O)COC(C)(C)C. The first-order chi connectivity index (χ1) is 9.70. The molecule has 1 aromatic rings. The Balaban J connectivity index is 2.55. The Morgan fingerprint density at radius 3 is 2.43 bits per heavy atom. The molecule has 116 valence electrons. The number of amides is 1. The highest BCUT2D eigenvalue weighted by Crippen LogP contribution is 2.11. The minimum atomic E-state index is -0.948. The van der Waals surface area contributed by atoms with Crippen molar-refractivity contribution in [2.75, 3.05) is 20.2 Å². The Hall–Kier alpha value is -1.88. The molecule has 0 aliphatic carbocycles. The lowest BCUT2D eigenvalue weighted by Gasteiger charge is -2.22. The fraction of sp³-hybridized carbons (Fsp3) is 0.500. The first kappa shape index (κ1) is 17.2. The molecule has 5 nitrogen and oxygen atoms in total. The maximum atomic E-state index is 11.9.